The molecule has 1 aliphatic rings. The summed E-state index contributed by atoms with van der Waals surface area (Å²) in [6.45, 7) is 4.36. The molecule has 1 aromatic heterocycles. The maximum absolute atomic E-state index is 12.3. The SMILES string of the molecule is CCC(=O)C1=C(O)C(=O)N(CCCOC)C1c1ccc(C)o1. The molecule has 22 heavy (non-hydrogen) atoms. The first-order valence-corrected chi connectivity index (χ1v) is 7.33. The van der Waals surface area contributed by atoms with Gasteiger partial charge in [0, 0.05) is 26.7 Å². The Labute approximate surface area is 129 Å². The molecule has 0 saturated heterocycles. The third-order valence-corrected chi connectivity index (χ3v) is 3.70. The number of ether oxygens (including phenoxy) is 1. The highest BCUT2D eigenvalue weighted by molar-refractivity contribution is 6.08. The average Bonchev–Trinajstić information content (AvgIpc) is 3.03. The standard InChI is InChI=1S/C16H21NO5/c1-4-11(18)13-14(12-7-6-10(2)22-12)17(8-5-9-21-3)16(20)15(13)19/h6-7,14,19H,4-5,8-9H2,1-3H3. The van der Waals surface area contributed by atoms with Crippen LogP contribution in [0.4, 0.5) is 0 Å². The molecule has 0 radical (unpaired) electrons. The molecule has 0 bridgehead atoms. The van der Waals surface area contributed by atoms with Crippen LogP contribution < -0.4 is 0 Å². The lowest BCUT2D eigenvalue weighted by Gasteiger charge is -2.24. The Bertz CT molecular complexity index is 601. The van der Waals surface area contributed by atoms with Crippen LogP contribution in [0.2, 0.25) is 0 Å². The molecular weight excluding hydrogens is 286 g/mol. The number of aliphatic hydroxyl groups is 1. The number of hydrogen-bond donors (Lipinski definition) is 1. The monoisotopic (exact) mass is 307 g/mol. The van der Waals surface area contributed by atoms with Crippen LogP contribution >= 0.6 is 0 Å². The number of rotatable bonds is 7. The molecule has 1 N–H and O–H groups in total. The van der Waals surface area contributed by atoms with Crippen molar-refractivity contribution in [1.29, 1.82) is 0 Å². The third kappa shape index (κ3) is 2.92. The molecule has 0 aromatic carbocycles. The zero-order valence-electron chi connectivity index (χ0n) is 13.1. The first kappa shape index (κ1) is 16.3. The van der Waals surface area contributed by atoms with Crippen LogP contribution in [0.3, 0.4) is 0 Å². The summed E-state index contributed by atoms with van der Waals surface area (Å²) in [6, 6.07) is 2.85. The van der Waals surface area contributed by atoms with Crippen molar-refractivity contribution in [3.63, 3.8) is 0 Å². The summed E-state index contributed by atoms with van der Waals surface area (Å²) in [6.07, 6.45) is 0.827. The minimum Gasteiger partial charge on any atom is -0.503 e. The largest absolute Gasteiger partial charge is 0.503 e. The Morgan fingerprint density at radius 1 is 1.45 bits per heavy atom. The van der Waals surface area contributed by atoms with E-state index in [2.05, 4.69) is 0 Å². The van der Waals surface area contributed by atoms with Crippen LogP contribution in [0.15, 0.2) is 27.9 Å². The number of aliphatic hydroxyl groups excluding tert-OH is 1. The van der Waals surface area contributed by atoms with E-state index in [-0.39, 0.29) is 17.8 Å². The summed E-state index contributed by atoms with van der Waals surface area (Å²) >= 11 is 0. The Balaban J connectivity index is 2.38. The average molecular weight is 307 g/mol. The lowest BCUT2D eigenvalue weighted by Crippen LogP contribution is -2.32. The number of Topliss-reactive ketones (excluding diaryl/α,β-unsaturated/α-hetero) is 1. The quantitative estimate of drug-likeness (QED) is 0.782. The van der Waals surface area contributed by atoms with Crippen LogP contribution in [0.1, 0.15) is 37.3 Å². The molecule has 0 fully saturated rings. The number of ketones is 1. The lowest BCUT2D eigenvalue weighted by molar-refractivity contribution is -0.129. The van der Waals surface area contributed by atoms with Crippen LogP contribution in [-0.2, 0) is 14.3 Å². The molecule has 0 saturated carbocycles. The van der Waals surface area contributed by atoms with Crippen molar-refractivity contribution in [1.82, 2.24) is 4.90 Å². The number of methoxy groups -OCH3 is 1. The van der Waals surface area contributed by atoms with Crippen LogP contribution in [-0.4, -0.2) is 42.0 Å². The third-order valence-electron chi connectivity index (χ3n) is 3.70. The van der Waals surface area contributed by atoms with Crippen LogP contribution in [0.5, 0.6) is 0 Å². The number of carbonyl (C=O) groups excluding carboxylic acids is 2. The molecular formula is C16H21NO5. The number of amides is 1. The summed E-state index contributed by atoms with van der Waals surface area (Å²) in [4.78, 5) is 25.9. The molecule has 6 heteroatoms. The second-order valence-electron chi connectivity index (χ2n) is 5.23. The van der Waals surface area contributed by atoms with Crippen molar-refractivity contribution in [3.05, 3.63) is 35.0 Å². The fourth-order valence-corrected chi connectivity index (χ4v) is 2.63. The van der Waals surface area contributed by atoms with E-state index in [1.54, 1.807) is 33.1 Å². The zero-order chi connectivity index (χ0) is 16.3. The Morgan fingerprint density at radius 3 is 2.73 bits per heavy atom. The number of hydrogen-bond acceptors (Lipinski definition) is 5. The number of aryl methyl sites for hydroxylation is 1. The van der Waals surface area contributed by atoms with Gasteiger partial charge in [-0.25, -0.2) is 0 Å². The highest BCUT2D eigenvalue weighted by atomic mass is 16.5. The van der Waals surface area contributed by atoms with E-state index in [9.17, 15) is 14.7 Å². The minimum absolute atomic E-state index is 0.124. The maximum atomic E-state index is 12.3. The fraction of sp³-hybridized carbons (Fsp3) is 0.500. The van der Waals surface area contributed by atoms with Gasteiger partial charge in [-0.05, 0) is 25.5 Å². The fourth-order valence-electron chi connectivity index (χ4n) is 2.63. The summed E-state index contributed by atoms with van der Waals surface area (Å²) in [5.74, 6) is -0.0764. The summed E-state index contributed by atoms with van der Waals surface area (Å²) < 4.78 is 10.6. The summed E-state index contributed by atoms with van der Waals surface area (Å²) in [5, 5.41) is 10.1. The van der Waals surface area contributed by atoms with Crippen LogP contribution in [0, 0.1) is 6.92 Å². The lowest BCUT2D eigenvalue weighted by atomic mass is 10.00. The van der Waals surface area contributed by atoms with E-state index in [4.69, 9.17) is 9.15 Å². The van der Waals surface area contributed by atoms with Gasteiger partial charge in [-0.2, -0.15) is 0 Å². The van der Waals surface area contributed by atoms with Crippen molar-refractivity contribution in [2.24, 2.45) is 0 Å². The minimum atomic E-state index is -0.662. The van der Waals surface area contributed by atoms with Crippen molar-refractivity contribution < 1.29 is 23.8 Å². The normalized spacial score (nSPS) is 18.4. The maximum Gasteiger partial charge on any atom is 0.290 e. The van der Waals surface area contributed by atoms with Gasteiger partial charge in [0.05, 0.1) is 5.57 Å². The van der Waals surface area contributed by atoms with Crippen LogP contribution in [0.25, 0.3) is 0 Å². The molecule has 1 amide bonds. The van der Waals surface area contributed by atoms with E-state index in [1.807, 2.05) is 0 Å². The van der Waals surface area contributed by atoms with Crippen molar-refractivity contribution in [2.75, 3.05) is 20.3 Å². The first-order valence-electron chi connectivity index (χ1n) is 7.33. The van der Waals surface area contributed by atoms with E-state index >= 15 is 0 Å². The number of furan rings is 1. The van der Waals surface area contributed by atoms with Gasteiger partial charge in [0.1, 0.15) is 17.6 Å². The van der Waals surface area contributed by atoms with Gasteiger partial charge < -0.3 is 19.2 Å². The molecule has 1 aliphatic heterocycles. The molecule has 1 unspecified atom stereocenters. The van der Waals surface area contributed by atoms with Gasteiger partial charge in [-0.1, -0.05) is 6.92 Å². The van der Waals surface area contributed by atoms with Crippen molar-refractivity contribution >= 4 is 11.7 Å². The van der Waals surface area contributed by atoms with Gasteiger partial charge in [0.25, 0.3) is 5.91 Å². The predicted molar refractivity (Wildman–Crippen MR) is 79.3 cm³/mol. The smallest absolute Gasteiger partial charge is 0.290 e. The van der Waals surface area contributed by atoms with E-state index in [1.165, 1.54) is 4.90 Å². The van der Waals surface area contributed by atoms with Gasteiger partial charge in [-0.15, -0.1) is 0 Å². The van der Waals surface area contributed by atoms with Crippen molar-refractivity contribution in [3.8, 4) is 0 Å². The van der Waals surface area contributed by atoms with Gasteiger partial charge in [0.2, 0.25) is 0 Å². The molecule has 0 aliphatic carbocycles. The molecule has 120 valence electrons. The zero-order valence-corrected chi connectivity index (χ0v) is 13.1. The molecule has 1 atom stereocenters. The topological polar surface area (TPSA) is 80.0 Å². The number of nitrogens with zero attached hydrogens (tertiary/aromatic N) is 1. The highest BCUT2D eigenvalue weighted by Gasteiger charge is 2.44. The predicted octanol–water partition coefficient (Wildman–Crippen LogP) is 2.30. The van der Waals surface area contributed by atoms with E-state index < -0.39 is 17.7 Å². The Hall–Kier alpha value is -2.08. The number of carbonyl (C=O) groups is 2. The molecule has 2 rings (SSSR count). The molecule has 0 spiro atoms. The summed E-state index contributed by atoms with van der Waals surface area (Å²) in [7, 11) is 1.58. The second-order valence-corrected chi connectivity index (χ2v) is 5.23. The van der Waals surface area contributed by atoms with Crippen molar-refractivity contribution in [2.45, 2.75) is 32.7 Å². The van der Waals surface area contributed by atoms with E-state index in [0.717, 1.165) is 0 Å². The molecule has 6 nitrogen and oxygen atoms in total. The van der Waals surface area contributed by atoms with Gasteiger partial charge in [-0.3, -0.25) is 9.59 Å². The summed E-state index contributed by atoms with van der Waals surface area (Å²) in [5.41, 5.74) is 0.124. The Kier molecular flexibility index (Phi) is 5.03. The first-order chi connectivity index (χ1) is 10.5. The second kappa shape index (κ2) is 6.79. The van der Waals surface area contributed by atoms with E-state index in [0.29, 0.717) is 31.1 Å². The molecule has 2 heterocycles. The Morgan fingerprint density at radius 2 is 2.18 bits per heavy atom. The molecule has 1 aromatic rings. The highest BCUT2D eigenvalue weighted by Crippen LogP contribution is 2.38. The van der Waals surface area contributed by atoms with Gasteiger partial charge >= 0.3 is 0 Å². The van der Waals surface area contributed by atoms with Gasteiger partial charge in [0.15, 0.2) is 11.5 Å².